The van der Waals surface area contributed by atoms with Gasteiger partial charge in [0.2, 0.25) is 0 Å². The zero-order chi connectivity index (χ0) is 27.6. The number of carbonyl (C=O) groups excluding carboxylic acids is 2. The molecule has 0 radical (unpaired) electrons. The van der Waals surface area contributed by atoms with E-state index < -0.39 is 16.6 Å². The molecule has 6 heteroatoms. The predicted octanol–water partition coefficient (Wildman–Crippen LogP) is 8.05. The predicted molar refractivity (Wildman–Crippen MR) is 154 cm³/mol. The van der Waals surface area contributed by atoms with Crippen molar-refractivity contribution >= 4 is 28.2 Å². The molecule has 0 amide bonds. The maximum absolute atomic E-state index is 11.9. The normalized spacial score (nSPS) is 28.2. The van der Waals surface area contributed by atoms with Gasteiger partial charge in [0.15, 0.2) is 16.6 Å². The van der Waals surface area contributed by atoms with Crippen LogP contribution in [0.1, 0.15) is 81.6 Å². The Balaban J connectivity index is 0.000000355. The second-order valence-corrected chi connectivity index (χ2v) is 23.9. The third kappa shape index (κ3) is 8.47. The van der Waals surface area contributed by atoms with E-state index in [4.69, 9.17) is 8.85 Å². The van der Waals surface area contributed by atoms with Gasteiger partial charge in [0.05, 0.1) is 0 Å². The minimum absolute atomic E-state index is 0.117. The average molecular weight is 525 g/mol. The van der Waals surface area contributed by atoms with Crippen molar-refractivity contribution in [3.05, 3.63) is 12.2 Å². The van der Waals surface area contributed by atoms with Gasteiger partial charge in [-0.15, -0.1) is 0 Å². The lowest BCUT2D eigenvalue weighted by molar-refractivity contribution is -0.121. The highest BCUT2D eigenvalue weighted by atomic mass is 28.4. The van der Waals surface area contributed by atoms with E-state index in [1.807, 2.05) is 13.8 Å². The molecule has 2 aliphatic rings. The van der Waals surface area contributed by atoms with Gasteiger partial charge in [0.25, 0.3) is 0 Å². The fraction of sp³-hybridized carbons (Fsp3) is 0.862. The Bertz CT molecular complexity index is 758. The second kappa shape index (κ2) is 11.9. The van der Waals surface area contributed by atoms with Crippen molar-refractivity contribution in [3.63, 3.8) is 0 Å². The van der Waals surface area contributed by atoms with Crippen molar-refractivity contribution in [2.45, 2.75) is 118 Å². The van der Waals surface area contributed by atoms with Crippen molar-refractivity contribution in [1.29, 1.82) is 0 Å². The number of rotatable bonds is 7. The first kappa shape index (κ1) is 32.5. The molecule has 2 saturated carbocycles. The first-order chi connectivity index (χ1) is 15.6. The molecule has 0 heterocycles. The molecule has 2 fully saturated rings. The van der Waals surface area contributed by atoms with Crippen LogP contribution in [0.2, 0.25) is 36.3 Å². The number of Topliss-reactive ketones (excluding diaryl/α,β-unsaturated/α-hetero) is 2. The van der Waals surface area contributed by atoms with E-state index in [2.05, 4.69) is 81.2 Å². The van der Waals surface area contributed by atoms with E-state index in [9.17, 15) is 9.59 Å². The Labute approximate surface area is 219 Å². The Morgan fingerprint density at radius 2 is 1.31 bits per heavy atom. The van der Waals surface area contributed by atoms with Gasteiger partial charge >= 0.3 is 0 Å². The van der Waals surface area contributed by atoms with E-state index >= 15 is 0 Å². The number of ketones is 2. The number of carbonyl (C=O) groups is 2. The van der Waals surface area contributed by atoms with E-state index in [1.54, 1.807) is 0 Å². The highest BCUT2D eigenvalue weighted by Gasteiger charge is 2.43. The van der Waals surface area contributed by atoms with Crippen molar-refractivity contribution in [2.75, 3.05) is 13.2 Å². The zero-order valence-corrected chi connectivity index (χ0v) is 27.3. The van der Waals surface area contributed by atoms with E-state index in [0.717, 1.165) is 25.0 Å². The Morgan fingerprint density at radius 1 is 0.857 bits per heavy atom. The first-order valence-corrected chi connectivity index (χ1v) is 19.4. The summed E-state index contributed by atoms with van der Waals surface area (Å²) in [7, 11) is -3.36. The summed E-state index contributed by atoms with van der Waals surface area (Å²) >= 11 is 0. The van der Waals surface area contributed by atoms with E-state index in [-0.39, 0.29) is 21.9 Å². The van der Waals surface area contributed by atoms with Crippen LogP contribution in [0, 0.1) is 29.6 Å². The fourth-order valence-corrected chi connectivity index (χ4v) is 6.40. The summed E-state index contributed by atoms with van der Waals surface area (Å²) in [5.74, 6) is 2.21. The van der Waals surface area contributed by atoms with Crippen LogP contribution in [-0.2, 0) is 18.4 Å². The first-order valence-electron chi connectivity index (χ1n) is 13.6. The van der Waals surface area contributed by atoms with Gasteiger partial charge in [0.1, 0.15) is 11.6 Å². The van der Waals surface area contributed by atoms with E-state index in [1.165, 1.54) is 0 Å². The third-order valence-corrected chi connectivity index (χ3v) is 18.6. The molecule has 204 valence electrons. The molecule has 0 spiro atoms. The van der Waals surface area contributed by atoms with Gasteiger partial charge in [-0.2, -0.15) is 0 Å². The SMILES string of the molecule is C=C(C)[C@H]1CC(=O)[C@H](C)[C@H]1CO[Si](C)(C)C(C)(C)C.C[C@H]1C(=O)CC[C@@H]1CO[Si](C)(C)C(C)(C)C. The minimum Gasteiger partial charge on any atom is -0.417 e. The van der Waals surface area contributed by atoms with Gasteiger partial charge in [-0.1, -0.05) is 67.5 Å². The lowest BCUT2D eigenvalue weighted by atomic mass is 9.87. The Morgan fingerprint density at radius 3 is 1.69 bits per heavy atom. The molecular weight excluding hydrogens is 468 g/mol. The summed E-state index contributed by atoms with van der Waals surface area (Å²) in [5.41, 5.74) is 1.13. The number of hydrogen-bond donors (Lipinski definition) is 0. The highest BCUT2D eigenvalue weighted by molar-refractivity contribution is 6.74. The topological polar surface area (TPSA) is 52.6 Å². The molecular formula is C29H56O4Si2. The summed E-state index contributed by atoms with van der Waals surface area (Å²) in [4.78, 5) is 23.4. The van der Waals surface area contributed by atoms with Crippen LogP contribution in [0.25, 0.3) is 0 Å². The molecule has 4 nitrogen and oxygen atoms in total. The quantitative estimate of drug-likeness (QED) is 0.250. The van der Waals surface area contributed by atoms with Gasteiger partial charge in [-0.3, -0.25) is 9.59 Å². The third-order valence-electron chi connectivity index (χ3n) is 9.60. The van der Waals surface area contributed by atoms with Gasteiger partial charge in [-0.25, -0.2) is 0 Å². The van der Waals surface area contributed by atoms with Gasteiger partial charge in [-0.05, 0) is 67.4 Å². The number of allylic oxidation sites excluding steroid dienone is 1. The maximum atomic E-state index is 11.9. The van der Waals surface area contributed by atoms with Crippen LogP contribution in [-0.4, -0.2) is 41.4 Å². The smallest absolute Gasteiger partial charge is 0.191 e. The summed E-state index contributed by atoms with van der Waals surface area (Å²) in [6.07, 6.45) is 2.43. The Hall–Kier alpha value is -0.566. The van der Waals surface area contributed by atoms with Crippen LogP contribution in [0.5, 0.6) is 0 Å². The van der Waals surface area contributed by atoms with Crippen molar-refractivity contribution in [2.24, 2.45) is 29.6 Å². The van der Waals surface area contributed by atoms with Gasteiger partial charge in [0, 0.05) is 37.9 Å². The lowest BCUT2D eigenvalue weighted by Gasteiger charge is -2.38. The fourth-order valence-electron chi connectivity index (χ4n) is 4.29. The summed E-state index contributed by atoms with van der Waals surface area (Å²) in [6, 6.07) is 0. The van der Waals surface area contributed by atoms with Crippen LogP contribution >= 0.6 is 0 Å². The molecule has 0 aliphatic heterocycles. The summed E-state index contributed by atoms with van der Waals surface area (Å²) in [6.45, 7) is 34.3. The molecule has 2 aliphatic carbocycles. The maximum Gasteiger partial charge on any atom is 0.191 e. The molecule has 0 aromatic heterocycles. The van der Waals surface area contributed by atoms with Crippen LogP contribution in [0.3, 0.4) is 0 Å². The summed E-state index contributed by atoms with van der Waals surface area (Å²) in [5, 5.41) is 0.483. The zero-order valence-electron chi connectivity index (χ0n) is 25.3. The largest absolute Gasteiger partial charge is 0.417 e. The second-order valence-electron chi connectivity index (χ2n) is 14.3. The van der Waals surface area contributed by atoms with Gasteiger partial charge < -0.3 is 8.85 Å². The summed E-state index contributed by atoms with van der Waals surface area (Å²) < 4.78 is 12.5. The van der Waals surface area contributed by atoms with Crippen LogP contribution < -0.4 is 0 Å². The molecule has 2 rings (SSSR count). The Kier molecular flexibility index (Phi) is 11.0. The molecule has 35 heavy (non-hydrogen) atoms. The minimum atomic E-state index is -1.73. The monoisotopic (exact) mass is 524 g/mol. The molecule has 0 saturated heterocycles. The van der Waals surface area contributed by atoms with Crippen molar-refractivity contribution in [1.82, 2.24) is 0 Å². The molecule has 5 atom stereocenters. The van der Waals surface area contributed by atoms with Crippen LogP contribution in [0.4, 0.5) is 0 Å². The molecule has 0 bridgehead atoms. The van der Waals surface area contributed by atoms with Crippen molar-refractivity contribution < 1.29 is 18.4 Å². The highest BCUT2D eigenvalue weighted by Crippen LogP contribution is 2.42. The van der Waals surface area contributed by atoms with Crippen molar-refractivity contribution in [3.8, 4) is 0 Å². The number of hydrogen-bond acceptors (Lipinski definition) is 4. The molecule has 0 aromatic carbocycles. The lowest BCUT2D eigenvalue weighted by Crippen LogP contribution is -2.42. The van der Waals surface area contributed by atoms with E-state index in [0.29, 0.717) is 42.3 Å². The van der Waals surface area contributed by atoms with Crippen LogP contribution in [0.15, 0.2) is 12.2 Å². The standard InChI is InChI=1S/C16H30O2Si.C13H26O2Si/c1-11(2)13-9-15(17)12(3)14(13)10-18-19(7,8)16(4,5)6;1-10-11(7-8-12(10)14)9-15-16(5,6)13(2,3)4/h12-14H,1,9-10H2,2-8H3;10-11H,7-9H2,1-6H3/t12-,13-,14-;10-,11-/m11/s1. The molecule has 0 aromatic rings. The molecule has 0 unspecified atom stereocenters. The average Bonchev–Trinajstić information content (AvgIpc) is 3.16. The molecule has 0 N–H and O–H groups in total.